The fourth-order valence-electron chi connectivity index (χ4n) is 4.05. The molecule has 0 radical (unpaired) electrons. The number of thiophene rings is 1. The first-order chi connectivity index (χ1) is 13.1. The first kappa shape index (κ1) is 17.9. The van der Waals surface area contributed by atoms with Gasteiger partial charge in [-0.3, -0.25) is 9.59 Å². The number of aromatic nitrogens is 2. The molecule has 6 heteroatoms. The first-order valence-electron chi connectivity index (χ1n) is 9.42. The summed E-state index contributed by atoms with van der Waals surface area (Å²) in [6.07, 6.45) is 4.70. The molecule has 3 aromatic rings. The minimum Gasteiger partial charge on any atom is -0.347 e. The van der Waals surface area contributed by atoms with Crippen LogP contribution in [0.2, 0.25) is 0 Å². The number of carbonyl (C=O) groups is 1. The Bertz CT molecular complexity index is 1000. The van der Waals surface area contributed by atoms with Crippen molar-refractivity contribution in [2.75, 3.05) is 0 Å². The van der Waals surface area contributed by atoms with Crippen LogP contribution in [0.1, 0.15) is 42.3 Å². The second-order valence-electron chi connectivity index (χ2n) is 7.20. The minimum absolute atomic E-state index is 0.0252. The van der Waals surface area contributed by atoms with Crippen molar-refractivity contribution in [1.82, 2.24) is 15.1 Å². The van der Waals surface area contributed by atoms with E-state index in [2.05, 4.69) is 16.5 Å². The molecular weight excluding hydrogens is 358 g/mol. The number of hydrogen-bond donors (Lipinski definition) is 1. The quantitative estimate of drug-likeness (QED) is 0.731. The van der Waals surface area contributed by atoms with Gasteiger partial charge in [-0.25, -0.2) is 4.68 Å². The van der Waals surface area contributed by atoms with Crippen LogP contribution in [0.15, 0.2) is 46.6 Å². The van der Waals surface area contributed by atoms with E-state index in [1.54, 1.807) is 17.4 Å². The Hall–Kier alpha value is -2.47. The zero-order valence-corrected chi connectivity index (χ0v) is 16.2. The predicted molar refractivity (Wildman–Crippen MR) is 108 cm³/mol. The highest BCUT2D eigenvalue weighted by Crippen LogP contribution is 2.37. The number of hydrogen-bond acceptors (Lipinski definition) is 4. The summed E-state index contributed by atoms with van der Waals surface area (Å²) in [6, 6.07) is 11.5. The number of amides is 1. The van der Waals surface area contributed by atoms with Crippen LogP contribution in [0.4, 0.5) is 0 Å². The monoisotopic (exact) mass is 381 g/mol. The number of nitrogens with zero attached hydrogens (tertiary/aromatic N) is 2. The van der Waals surface area contributed by atoms with Gasteiger partial charge in [0.25, 0.3) is 5.56 Å². The number of carbonyl (C=O) groups excluding carboxylic acids is 1. The van der Waals surface area contributed by atoms with Gasteiger partial charge >= 0.3 is 0 Å². The Morgan fingerprint density at radius 2 is 1.96 bits per heavy atom. The average molecular weight is 382 g/mol. The summed E-state index contributed by atoms with van der Waals surface area (Å²) < 4.78 is 1.28. The van der Waals surface area contributed by atoms with E-state index in [-0.39, 0.29) is 24.1 Å². The molecule has 0 saturated heterocycles. The fraction of sp³-hybridized carbons (Fsp3) is 0.381. The van der Waals surface area contributed by atoms with Gasteiger partial charge in [-0.2, -0.15) is 5.10 Å². The van der Waals surface area contributed by atoms with Crippen molar-refractivity contribution in [1.29, 1.82) is 0 Å². The van der Waals surface area contributed by atoms with Gasteiger partial charge in [0.2, 0.25) is 5.91 Å². The van der Waals surface area contributed by atoms with E-state index < -0.39 is 0 Å². The third-order valence-electron chi connectivity index (χ3n) is 5.38. The van der Waals surface area contributed by atoms with E-state index in [1.165, 1.54) is 22.4 Å². The van der Waals surface area contributed by atoms with Gasteiger partial charge in [0.1, 0.15) is 6.54 Å². The molecule has 1 saturated carbocycles. The van der Waals surface area contributed by atoms with Crippen LogP contribution in [-0.2, 0) is 11.3 Å². The summed E-state index contributed by atoms with van der Waals surface area (Å²) in [5.74, 6) is 0.306. The summed E-state index contributed by atoms with van der Waals surface area (Å²) in [5.41, 5.74) is 0.531. The highest BCUT2D eigenvalue weighted by Gasteiger charge is 2.28. The molecule has 2 aromatic heterocycles. The molecule has 140 valence electrons. The molecule has 0 bridgehead atoms. The summed E-state index contributed by atoms with van der Waals surface area (Å²) in [5, 5.41) is 11.0. The van der Waals surface area contributed by atoms with Crippen LogP contribution in [-0.4, -0.2) is 15.7 Å². The maximum atomic E-state index is 12.8. The SMILES string of the molecule is Cc1nn(CC(=O)NC(c2cccs2)C2CCCC2)c(=O)c2ccccc12. The van der Waals surface area contributed by atoms with Crippen molar-refractivity contribution in [2.24, 2.45) is 5.92 Å². The maximum Gasteiger partial charge on any atom is 0.275 e. The molecule has 5 nitrogen and oxygen atoms in total. The Balaban J connectivity index is 1.57. The number of fused-ring (bicyclic) bond motifs is 1. The van der Waals surface area contributed by atoms with Crippen LogP contribution >= 0.6 is 11.3 Å². The van der Waals surface area contributed by atoms with Gasteiger partial charge < -0.3 is 5.32 Å². The van der Waals surface area contributed by atoms with E-state index >= 15 is 0 Å². The second-order valence-corrected chi connectivity index (χ2v) is 8.18. The standard InChI is InChI=1S/C21H23N3O2S/c1-14-16-9-4-5-10-17(16)21(26)24(23-14)13-19(25)22-20(15-7-2-3-8-15)18-11-6-12-27-18/h4-6,9-12,15,20H,2-3,7-8,13H2,1H3,(H,22,25). The number of nitrogens with one attached hydrogen (secondary N) is 1. The van der Waals surface area contributed by atoms with E-state index in [4.69, 9.17) is 0 Å². The maximum absolute atomic E-state index is 12.8. The molecule has 4 rings (SSSR count). The summed E-state index contributed by atoms with van der Waals surface area (Å²) >= 11 is 1.67. The lowest BCUT2D eigenvalue weighted by molar-refractivity contribution is -0.123. The molecule has 1 fully saturated rings. The minimum atomic E-state index is -0.222. The number of aryl methyl sites for hydroxylation is 1. The predicted octanol–water partition coefficient (Wildman–Crippen LogP) is 3.81. The molecule has 1 atom stereocenters. The first-order valence-corrected chi connectivity index (χ1v) is 10.3. The lowest BCUT2D eigenvalue weighted by Gasteiger charge is -2.24. The molecule has 0 spiro atoms. The van der Waals surface area contributed by atoms with E-state index in [0.717, 1.165) is 23.9 Å². The van der Waals surface area contributed by atoms with Crippen LogP contribution in [0.3, 0.4) is 0 Å². The van der Waals surface area contributed by atoms with Gasteiger partial charge in [0.15, 0.2) is 0 Å². The number of rotatable bonds is 5. The zero-order chi connectivity index (χ0) is 18.8. The summed E-state index contributed by atoms with van der Waals surface area (Å²) in [6.45, 7) is 1.81. The molecule has 1 amide bonds. The van der Waals surface area contributed by atoms with Gasteiger partial charge in [-0.1, -0.05) is 37.1 Å². The van der Waals surface area contributed by atoms with Crippen molar-refractivity contribution in [3.63, 3.8) is 0 Å². The Kier molecular flexibility index (Phi) is 5.07. The third-order valence-corrected chi connectivity index (χ3v) is 6.34. The van der Waals surface area contributed by atoms with Crippen molar-refractivity contribution >= 4 is 28.0 Å². The molecule has 1 aromatic carbocycles. The van der Waals surface area contributed by atoms with Gasteiger partial charge in [-0.15, -0.1) is 11.3 Å². The molecule has 1 aliphatic carbocycles. The van der Waals surface area contributed by atoms with Crippen molar-refractivity contribution in [3.8, 4) is 0 Å². The zero-order valence-electron chi connectivity index (χ0n) is 15.4. The fourth-order valence-corrected chi connectivity index (χ4v) is 4.92. The highest BCUT2D eigenvalue weighted by molar-refractivity contribution is 7.10. The topological polar surface area (TPSA) is 64.0 Å². The Morgan fingerprint density at radius 3 is 2.67 bits per heavy atom. The van der Waals surface area contributed by atoms with Crippen molar-refractivity contribution in [2.45, 2.75) is 45.2 Å². The average Bonchev–Trinajstić information content (AvgIpc) is 3.38. The molecule has 0 aliphatic heterocycles. The largest absolute Gasteiger partial charge is 0.347 e. The van der Waals surface area contributed by atoms with Crippen LogP contribution in [0.25, 0.3) is 10.8 Å². The van der Waals surface area contributed by atoms with Gasteiger partial charge in [0.05, 0.1) is 17.1 Å². The van der Waals surface area contributed by atoms with Crippen molar-refractivity contribution < 1.29 is 4.79 Å². The number of benzene rings is 1. The summed E-state index contributed by atoms with van der Waals surface area (Å²) in [4.78, 5) is 26.7. The van der Waals surface area contributed by atoms with E-state index in [1.807, 2.05) is 36.6 Å². The molecule has 2 heterocycles. The molecule has 1 N–H and O–H groups in total. The van der Waals surface area contributed by atoms with Crippen molar-refractivity contribution in [3.05, 3.63) is 62.7 Å². The molecular formula is C21H23N3O2S. The normalized spacial score (nSPS) is 15.9. The smallest absolute Gasteiger partial charge is 0.275 e. The van der Waals surface area contributed by atoms with Gasteiger partial charge in [0, 0.05) is 10.3 Å². The molecule has 27 heavy (non-hydrogen) atoms. The molecule has 1 aliphatic rings. The molecule has 1 unspecified atom stereocenters. The summed E-state index contributed by atoms with van der Waals surface area (Å²) in [7, 11) is 0. The lowest BCUT2D eigenvalue weighted by Crippen LogP contribution is -2.38. The van der Waals surface area contributed by atoms with Gasteiger partial charge in [-0.05, 0) is 43.2 Å². The second kappa shape index (κ2) is 7.64. The van der Waals surface area contributed by atoms with Crippen LogP contribution in [0, 0.1) is 12.8 Å². The van der Waals surface area contributed by atoms with Crippen LogP contribution in [0.5, 0.6) is 0 Å². The third kappa shape index (κ3) is 3.67. The lowest BCUT2D eigenvalue weighted by atomic mass is 9.96. The van der Waals surface area contributed by atoms with E-state index in [0.29, 0.717) is 11.3 Å². The van der Waals surface area contributed by atoms with Crippen LogP contribution < -0.4 is 10.9 Å². The highest BCUT2D eigenvalue weighted by atomic mass is 32.1. The Labute approximate surface area is 162 Å². The van der Waals surface area contributed by atoms with E-state index in [9.17, 15) is 9.59 Å². The Morgan fingerprint density at radius 1 is 1.22 bits per heavy atom.